The third-order valence-corrected chi connectivity index (χ3v) is 9.27. The zero-order chi connectivity index (χ0) is 31.9. The topological polar surface area (TPSA) is 86.8 Å². The van der Waals surface area contributed by atoms with Gasteiger partial charge in [0.2, 0.25) is 11.8 Å². The molecule has 0 heterocycles. The van der Waals surface area contributed by atoms with Crippen LogP contribution in [0.4, 0.5) is 5.69 Å². The maximum Gasteiger partial charge on any atom is 0.264 e. The number of halogens is 1. The summed E-state index contributed by atoms with van der Waals surface area (Å²) < 4.78 is 29.3. The molecule has 2 amide bonds. The molecule has 0 fully saturated rings. The molecule has 1 atom stereocenters. The van der Waals surface area contributed by atoms with Gasteiger partial charge in [-0.1, -0.05) is 96.5 Å². The first-order chi connectivity index (χ1) is 20.9. The Kier molecular flexibility index (Phi) is 10.5. The molecule has 0 radical (unpaired) electrons. The first-order valence-corrected chi connectivity index (χ1v) is 16.2. The predicted octanol–water partition coefficient (Wildman–Crippen LogP) is 6.40. The van der Waals surface area contributed by atoms with E-state index in [0.717, 1.165) is 15.4 Å². The number of nitrogens with zero attached hydrogens (tertiary/aromatic N) is 2. The molecule has 0 spiro atoms. The highest BCUT2D eigenvalue weighted by Gasteiger charge is 2.36. The quantitative estimate of drug-likeness (QED) is 0.208. The SMILES string of the molecule is Cc1c(Cl)cccc1N(CC(=O)N(Cc1ccccc1)[C@H](Cc1ccccc1)C(=O)NC(C)(C)C)S(=O)(=O)c1ccccc1. The standard InChI is InChI=1S/C35H38ClN3O4S/c1-26-30(36)21-14-22-31(26)39(44(42,43)29-19-12-7-13-20-29)25-33(40)38(24-28-17-10-6-11-18-28)32(34(41)37-35(2,3)4)23-27-15-8-5-9-16-27/h5-22,32H,23-25H2,1-4H3,(H,37,41)/t32-/m1/s1. The second-order valence-corrected chi connectivity index (χ2v) is 13.9. The molecule has 4 rings (SSSR count). The van der Waals surface area contributed by atoms with Crippen molar-refractivity contribution in [3.05, 3.63) is 131 Å². The first kappa shape index (κ1) is 32.8. The second-order valence-electron chi connectivity index (χ2n) is 11.7. The van der Waals surface area contributed by atoms with Crippen molar-refractivity contribution in [2.75, 3.05) is 10.8 Å². The number of hydrogen-bond acceptors (Lipinski definition) is 4. The molecular formula is C35H38ClN3O4S. The Morgan fingerprint density at radius 1 is 0.795 bits per heavy atom. The summed E-state index contributed by atoms with van der Waals surface area (Å²) in [5.41, 5.74) is 1.91. The van der Waals surface area contributed by atoms with Gasteiger partial charge in [0.05, 0.1) is 10.6 Å². The smallest absolute Gasteiger partial charge is 0.264 e. The highest BCUT2D eigenvalue weighted by molar-refractivity contribution is 7.92. The molecule has 0 saturated heterocycles. The van der Waals surface area contributed by atoms with Crippen molar-refractivity contribution in [2.45, 2.75) is 57.1 Å². The molecule has 0 aliphatic rings. The third kappa shape index (κ3) is 8.27. The fourth-order valence-electron chi connectivity index (χ4n) is 4.89. The normalized spacial score (nSPS) is 12.3. The fourth-order valence-corrected chi connectivity index (χ4v) is 6.55. The van der Waals surface area contributed by atoms with Gasteiger partial charge < -0.3 is 10.2 Å². The van der Waals surface area contributed by atoms with Crippen LogP contribution in [0, 0.1) is 6.92 Å². The van der Waals surface area contributed by atoms with Gasteiger partial charge >= 0.3 is 0 Å². The van der Waals surface area contributed by atoms with E-state index in [-0.39, 0.29) is 29.5 Å². The van der Waals surface area contributed by atoms with E-state index in [4.69, 9.17) is 11.6 Å². The second kappa shape index (κ2) is 14.1. The van der Waals surface area contributed by atoms with Gasteiger partial charge in [0.1, 0.15) is 12.6 Å². The van der Waals surface area contributed by atoms with Crippen LogP contribution in [0.1, 0.15) is 37.5 Å². The molecule has 0 bridgehead atoms. The van der Waals surface area contributed by atoms with Gasteiger partial charge in [0.15, 0.2) is 0 Å². The first-order valence-electron chi connectivity index (χ1n) is 14.4. The highest BCUT2D eigenvalue weighted by Crippen LogP contribution is 2.31. The van der Waals surface area contributed by atoms with Crippen LogP contribution in [0.2, 0.25) is 5.02 Å². The van der Waals surface area contributed by atoms with E-state index < -0.39 is 34.1 Å². The molecule has 44 heavy (non-hydrogen) atoms. The summed E-state index contributed by atoms with van der Waals surface area (Å²) in [6.07, 6.45) is 0.239. The molecule has 230 valence electrons. The van der Waals surface area contributed by atoms with Crippen molar-refractivity contribution in [1.29, 1.82) is 0 Å². The van der Waals surface area contributed by atoms with Gasteiger partial charge in [-0.05, 0) is 68.7 Å². The molecule has 0 saturated carbocycles. The van der Waals surface area contributed by atoms with E-state index in [0.29, 0.717) is 10.6 Å². The summed E-state index contributed by atoms with van der Waals surface area (Å²) in [5, 5.41) is 3.41. The monoisotopic (exact) mass is 631 g/mol. The minimum atomic E-state index is -4.20. The molecule has 9 heteroatoms. The highest BCUT2D eigenvalue weighted by atomic mass is 35.5. The van der Waals surface area contributed by atoms with E-state index in [2.05, 4.69) is 5.32 Å². The summed E-state index contributed by atoms with van der Waals surface area (Å²) in [6.45, 7) is 6.91. The van der Waals surface area contributed by atoms with Gasteiger partial charge in [-0.3, -0.25) is 13.9 Å². The molecule has 4 aromatic rings. The zero-order valence-corrected chi connectivity index (χ0v) is 27.0. The van der Waals surface area contributed by atoms with Gasteiger partial charge in [-0.2, -0.15) is 0 Å². The molecule has 0 aliphatic heterocycles. The van der Waals surface area contributed by atoms with E-state index in [1.165, 1.54) is 17.0 Å². The summed E-state index contributed by atoms with van der Waals surface area (Å²) in [7, 11) is -4.20. The number of amides is 2. The Morgan fingerprint density at radius 2 is 1.34 bits per heavy atom. The number of anilines is 1. The van der Waals surface area contributed by atoms with Crippen LogP contribution in [0.25, 0.3) is 0 Å². The molecular weight excluding hydrogens is 594 g/mol. The number of carbonyl (C=O) groups is 2. The lowest BCUT2D eigenvalue weighted by molar-refractivity contribution is -0.140. The van der Waals surface area contributed by atoms with Crippen LogP contribution in [-0.2, 0) is 32.6 Å². The zero-order valence-electron chi connectivity index (χ0n) is 25.4. The predicted molar refractivity (Wildman–Crippen MR) is 176 cm³/mol. The van der Waals surface area contributed by atoms with Gasteiger partial charge in [-0.15, -0.1) is 0 Å². The number of nitrogens with one attached hydrogen (secondary N) is 1. The molecule has 1 N–H and O–H groups in total. The van der Waals surface area contributed by atoms with Crippen molar-refractivity contribution in [3.8, 4) is 0 Å². The Balaban J connectivity index is 1.83. The Bertz CT molecular complexity index is 1680. The lowest BCUT2D eigenvalue weighted by Gasteiger charge is -2.35. The van der Waals surface area contributed by atoms with Crippen molar-refractivity contribution < 1.29 is 18.0 Å². The van der Waals surface area contributed by atoms with Crippen molar-refractivity contribution in [3.63, 3.8) is 0 Å². The Hall–Kier alpha value is -4.14. The summed E-state index contributed by atoms with van der Waals surface area (Å²) in [5.74, 6) is -0.861. The number of hydrogen-bond donors (Lipinski definition) is 1. The largest absolute Gasteiger partial charge is 0.350 e. The van der Waals surface area contributed by atoms with E-state index in [1.807, 2.05) is 81.4 Å². The van der Waals surface area contributed by atoms with E-state index >= 15 is 0 Å². The molecule has 0 unspecified atom stereocenters. The number of carbonyl (C=O) groups excluding carboxylic acids is 2. The maximum absolute atomic E-state index is 14.5. The minimum Gasteiger partial charge on any atom is -0.350 e. The van der Waals surface area contributed by atoms with Crippen LogP contribution >= 0.6 is 11.6 Å². The molecule has 7 nitrogen and oxygen atoms in total. The van der Waals surface area contributed by atoms with Crippen LogP contribution < -0.4 is 9.62 Å². The van der Waals surface area contributed by atoms with Crippen LogP contribution in [0.3, 0.4) is 0 Å². The number of sulfonamides is 1. The minimum absolute atomic E-state index is 0.0353. The lowest BCUT2D eigenvalue weighted by atomic mass is 10.0. The fraction of sp³-hybridized carbons (Fsp3) is 0.257. The molecule has 0 aromatic heterocycles. The van der Waals surface area contributed by atoms with Gasteiger partial charge in [0, 0.05) is 23.5 Å². The van der Waals surface area contributed by atoms with Crippen LogP contribution in [0.5, 0.6) is 0 Å². The van der Waals surface area contributed by atoms with Crippen molar-refractivity contribution in [2.24, 2.45) is 0 Å². The van der Waals surface area contributed by atoms with Crippen LogP contribution in [0.15, 0.2) is 114 Å². The summed E-state index contributed by atoms with van der Waals surface area (Å²) >= 11 is 6.43. The van der Waals surface area contributed by atoms with Crippen LogP contribution in [-0.4, -0.2) is 43.3 Å². The van der Waals surface area contributed by atoms with Gasteiger partial charge in [-0.25, -0.2) is 8.42 Å². The van der Waals surface area contributed by atoms with E-state index in [9.17, 15) is 18.0 Å². The Labute approximate surface area is 265 Å². The van der Waals surface area contributed by atoms with Crippen molar-refractivity contribution >= 4 is 39.1 Å². The lowest BCUT2D eigenvalue weighted by Crippen LogP contribution is -2.56. The number of benzene rings is 4. The molecule has 0 aliphatic carbocycles. The van der Waals surface area contributed by atoms with Gasteiger partial charge in [0.25, 0.3) is 10.0 Å². The average molecular weight is 632 g/mol. The maximum atomic E-state index is 14.5. The summed E-state index contributed by atoms with van der Waals surface area (Å²) in [4.78, 5) is 30.0. The molecule has 4 aromatic carbocycles. The third-order valence-electron chi connectivity index (χ3n) is 7.08. The summed E-state index contributed by atoms with van der Waals surface area (Å²) in [6, 6.07) is 30.8. The average Bonchev–Trinajstić information content (AvgIpc) is 2.99. The Morgan fingerprint density at radius 3 is 1.91 bits per heavy atom. The van der Waals surface area contributed by atoms with Crippen molar-refractivity contribution in [1.82, 2.24) is 10.2 Å². The van der Waals surface area contributed by atoms with E-state index in [1.54, 1.807) is 43.3 Å². The number of rotatable bonds is 11.